The molecule has 4 rings (SSSR count). The van der Waals surface area contributed by atoms with E-state index in [0.717, 1.165) is 42.2 Å². The molecule has 1 aliphatic rings. The van der Waals surface area contributed by atoms with Crippen LogP contribution >= 0.6 is 0 Å². The van der Waals surface area contributed by atoms with Gasteiger partial charge in [-0.1, -0.05) is 6.07 Å². The van der Waals surface area contributed by atoms with Crippen LogP contribution in [-0.4, -0.2) is 30.2 Å². The molecule has 0 bridgehead atoms. The number of oxazole rings is 1. The molecule has 1 saturated heterocycles. The molecule has 0 saturated carbocycles. The van der Waals surface area contributed by atoms with E-state index in [0.29, 0.717) is 23.7 Å². The monoisotopic (exact) mass is 392 g/mol. The van der Waals surface area contributed by atoms with Crippen molar-refractivity contribution in [3.8, 4) is 17.2 Å². The van der Waals surface area contributed by atoms with Gasteiger partial charge in [0.1, 0.15) is 18.1 Å². The zero-order valence-electron chi connectivity index (χ0n) is 16.6. The summed E-state index contributed by atoms with van der Waals surface area (Å²) in [4.78, 5) is 17.0. The van der Waals surface area contributed by atoms with E-state index in [1.165, 1.54) is 0 Å². The number of nitrogens with one attached hydrogen (secondary N) is 1. The van der Waals surface area contributed by atoms with Gasteiger partial charge in [0.15, 0.2) is 0 Å². The molecule has 0 aliphatic carbocycles. The molecule has 1 fully saturated rings. The van der Waals surface area contributed by atoms with Gasteiger partial charge in [-0.15, -0.1) is 0 Å². The van der Waals surface area contributed by atoms with Gasteiger partial charge in [0.2, 0.25) is 5.89 Å². The van der Waals surface area contributed by atoms with Crippen LogP contribution < -0.4 is 10.1 Å². The van der Waals surface area contributed by atoms with Crippen molar-refractivity contribution in [2.24, 2.45) is 0 Å². The van der Waals surface area contributed by atoms with E-state index in [2.05, 4.69) is 10.3 Å². The van der Waals surface area contributed by atoms with E-state index in [1.807, 2.05) is 38.1 Å². The molecular weight excluding hydrogens is 368 g/mol. The van der Waals surface area contributed by atoms with E-state index in [9.17, 15) is 4.79 Å². The lowest BCUT2D eigenvalue weighted by Gasteiger charge is -2.12. The maximum Gasteiger partial charge on any atom is 0.255 e. The molecule has 0 radical (unpaired) electrons. The van der Waals surface area contributed by atoms with E-state index in [4.69, 9.17) is 13.9 Å². The SMILES string of the molecule is Cc1nc(-c2cccc(NC(=O)c3ccc(OC[C@@H]4CCCO4)cc3)c2)oc1C. The highest BCUT2D eigenvalue weighted by molar-refractivity contribution is 6.04. The fourth-order valence-electron chi connectivity index (χ4n) is 3.20. The van der Waals surface area contributed by atoms with Gasteiger partial charge in [0, 0.05) is 23.4 Å². The molecule has 0 unspecified atom stereocenters. The Morgan fingerprint density at radius 2 is 2.03 bits per heavy atom. The number of carbonyl (C=O) groups is 1. The summed E-state index contributed by atoms with van der Waals surface area (Å²) in [7, 11) is 0. The molecule has 6 heteroatoms. The van der Waals surface area contributed by atoms with Crippen LogP contribution in [0, 0.1) is 13.8 Å². The molecular formula is C23H24N2O4. The molecule has 2 aromatic carbocycles. The summed E-state index contributed by atoms with van der Waals surface area (Å²) in [6.07, 6.45) is 2.29. The van der Waals surface area contributed by atoms with Crippen LogP contribution in [0.2, 0.25) is 0 Å². The van der Waals surface area contributed by atoms with Crippen LogP contribution in [0.15, 0.2) is 52.9 Å². The number of anilines is 1. The van der Waals surface area contributed by atoms with Gasteiger partial charge in [0.05, 0.1) is 11.8 Å². The molecule has 1 atom stereocenters. The Bertz CT molecular complexity index is 969. The molecule has 1 amide bonds. The molecule has 1 N–H and O–H groups in total. The smallest absolute Gasteiger partial charge is 0.255 e. The number of hydrogen-bond donors (Lipinski definition) is 1. The number of aromatic nitrogens is 1. The minimum atomic E-state index is -0.187. The predicted molar refractivity (Wildman–Crippen MR) is 110 cm³/mol. The van der Waals surface area contributed by atoms with Gasteiger partial charge < -0.3 is 19.2 Å². The standard InChI is InChI=1S/C23H24N2O4/c1-15-16(2)29-23(24-15)18-5-3-6-19(13-18)25-22(26)17-8-10-20(11-9-17)28-14-21-7-4-12-27-21/h3,5-6,8-11,13,21H,4,7,12,14H2,1-2H3,(H,25,26)/t21-/m0/s1. The molecule has 6 nitrogen and oxygen atoms in total. The van der Waals surface area contributed by atoms with Crippen LogP contribution in [0.3, 0.4) is 0 Å². The van der Waals surface area contributed by atoms with Crippen molar-refractivity contribution in [2.45, 2.75) is 32.8 Å². The second-order valence-electron chi connectivity index (χ2n) is 7.17. The fraction of sp³-hybridized carbons (Fsp3) is 0.304. The van der Waals surface area contributed by atoms with Gasteiger partial charge >= 0.3 is 0 Å². The van der Waals surface area contributed by atoms with Gasteiger partial charge in [-0.05, 0) is 69.2 Å². The van der Waals surface area contributed by atoms with Crippen LogP contribution in [0.25, 0.3) is 11.5 Å². The summed E-state index contributed by atoms with van der Waals surface area (Å²) >= 11 is 0. The molecule has 29 heavy (non-hydrogen) atoms. The number of hydrogen-bond acceptors (Lipinski definition) is 5. The lowest BCUT2D eigenvalue weighted by atomic mass is 10.1. The minimum Gasteiger partial charge on any atom is -0.491 e. The Labute approximate surface area is 169 Å². The third-order valence-electron chi connectivity index (χ3n) is 4.97. The van der Waals surface area contributed by atoms with Gasteiger partial charge in [-0.3, -0.25) is 4.79 Å². The molecule has 150 valence electrons. The van der Waals surface area contributed by atoms with Gasteiger partial charge in [-0.2, -0.15) is 0 Å². The van der Waals surface area contributed by atoms with Crippen LogP contribution in [0.1, 0.15) is 34.7 Å². The summed E-state index contributed by atoms with van der Waals surface area (Å²) in [6, 6.07) is 14.6. The predicted octanol–water partition coefficient (Wildman–Crippen LogP) is 4.77. The normalized spacial score (nSPS) is 16.0. The zero-order valence-corrected chi connectivity index (χ0v) is 16.6. The number of nitrogens with zero attached hydrogens (tertiary/aromatic N) is 1. The highest BCUT2D eigenvalue weighted by Gasteiger charge is 2.16. The summed E-state index contributed by atoms with van der Waals surface area (Å²) in [5, 5.41) is 2.92. The summed E-state index contributed by atoms with van der Waals surface area (Å²) < 4.78 is 17.0. The van der Waals surface area contributed by atoms with Gasteiger partial charge in [-0.25, -0.2) is 4.98 Å². The second kappa shape index (κ2) is 8.49. The fourth-order valence-corrected chi connectivity index (χ4v) is 3.20. The highest BCUT2D eigenvalue weighted by atomic mass is 16.5. The van der Waals surface area contributed by atoms with E-state index < -0.39 is 0 Å². The van der Waals surface area contributed by atoms with Crippen molar-refractivity contribution < 1.29 is 18.7 Å². The lowest BCUT2D eigenvalue weighted by molar-refractivity contribution is 0.0679. The topological polar surface area (TPSA) is 73.6 Å². The number of aryl methyl sites for hydroxylation is 2. The average molecular weight is 392 g/mol. The summed E-state index contributed by atoms with van der Waals surface area (Å²) in [6.45, 7) is 5.13. The first-order chi connectivity index (χ1) is 14.1. The first-order valence-electron chi connectivity index (χ1n) is 9.79. The van der Waals surface area contributed by atoms with Crippen molar-refractivity contribution in [3.05, 3.63) is 65.5 Å². The second-order valence-corrected chi connectivity index (χ2v) is 7.17. The van der Waals surface area contributed by atoms with Crippen LogP contribution in [-0.2, 0) is 4.74 Å². The molecule has 3 aromatic rings. The number of rotatable bonds is 6. The van der Waals surface area contributed by atoms with Crippen molar-refractivity contribution in [2.75, 3.05) is 18.5 Å². The molecule has 1 aliphatic heterocycles. The Kier molecular flexibility index (Phi) is 5.62. The maximum absolute atomic E-state index is 12.6. The Morgan fingerprint density at radius 1 is 1.21 bits per heavy atom. The molecule has 1 aromatic heterocycles. The Balaban J connectivity index is 1.39. The third kappa shape index (κ3) is 4.66. The number of amides is 1. The van der Waals surface area contributed by atoms with E-state index >= 15 is 0 Å². The number of carbonyl (C=O) groups excluding carboxylic acids is 1. The number of benzene rings is 2. The van der Waals surface area contributed by atoms with Crippen molar-refractivity contribution in [3.63, 3.8) is 0 Å². The van der Waals surface area contributed by atoms with Gasteiger partial charge in [0.25, 0.3) is 5.91 Å². The summed E-state index contributed by atoms with van der Waals surface area (Å²) in [5.74, 6) is 1.88. The van der Waals surface area contributed by atoms with E-state index in [1.54, 1.807) is 24.3 Å². The van der Waals surface area contributed by atoms with Crippen LogP contribution in [0.5, 0.6) is 5.75 Å². The lowest BCUT2D eigenvalue weighted by Crippen LogP contribution is -2.16. The molecule has 0 spiro atoms. The third-order valence-corrected chi connectivity index (χ3v) is 4.97. The highest BCUT2D eigenvalue weighted by Crippen LogP contribution is 2.24. The van der Waals surface area contributed by atoms with Crippen LogP contribution in [0.4, 0.5) is 5.69 Å². The largest absolute Gasteiger partial charge is 0.491 e. The Morgan fingerprint density at radius 3 is 2.72 bits per heavy atom. The minimum absolute atomic E-state index is 0.168. The van der Waals surface area contributed by atoms with E-state index in [-0.39, 0.29) is 12.0 Å². The average Bonchev–Trinajstić information content (AvgIpc) is 3.37. The maximum atomic E-state index is 12.6. The van der Waals surface area contributed by atoms with Crippen molar-refractivity contribution in [1.82, 2.24) is 4.98 Å². The molecule has 2 heterocycles. The first-order valence-corrected chi connectivity index (χ1v) is 9.79. The van der Waals surface area contributed by atoms with Crippen molar-refractivity contribution >= 4 is 11.6 Å². The Hall–Kier alpha value is -3.12. The number of ether oxygens (including phenoxy) is 2. The quantitative estimate of drug-likeness (QED) is 0.654. The van der Waals surface area contributed by atoms with Crippen molar-refractivity contribution in [1.29, 1.82) is 0 Å². The zero-order chi connectivity index (χ0) is 20.2. The summed E-state index contributed by atoms with van der Waals surface area (Å²) in [5.41, 5.74) is 2.91. The first kappa shape index (κ1) is 19.2.